The Morgan fingerprint density at radius 3 is 3.16 bits per heavy atom. The highest BCUT2D eigenvalue weighted by Gasteiger charge is 2.20. The number of amidine groups is 1. The van der Waals surface area contributed by atoms with Crippen LogP contribution in [0.25, 0.3) is 0 Å². The first kappa shape index (κ1) is 20.6. The molecule has 0 aromatic carbocycles. The van der Waals surface area contributed by atoms with E-state index in [2.05, 4.69) is 25.4 Å². The summed E-state index contributed by atoms with van der Waals surface area (Å²) in [7, 11) is 0. The van der Waals surface area contributed by atoms with Gasteiger partial charge in [-0.2, -0.15) is 5.10 Å². The predicted octanol–water partition coefficient (Wildman–Crippen LogP) is 4.57. The van der Waals surface area contributed by atoms with E-state index < -0.39 is 21.1 Å². The SMILES string of the molecule is CC1CCCC(CSCN(CC=ION=O)/C(=N\N)c2cccs2)C1. The van der Waals surface area contributed by atoms with Crippen molar-refractivity contribution < 1.29 is 3.17 Å². The van der Waals surface area contributed by atoms with Crippen LogP contribution in [-0.4, -0.2) is 32.9 Å². The van der Waals surface area contributed by atoms with Crippen molar-refractivity contribution in [1.29, 1.82) is 0 Å². The summed E-state index contributed by atoms with van der Waals surface area (Å²) in [6, 6.07) is 4.02. The Morgan fingerprint density at radius 1 is 1.60 bits per heavy atom. The van der Waals surface area contributed by atoms with Crippen LogP contribution in [0.1, 0.15) is 37.5 Å². The third-order valence-electron chi connectivity index (χ3n) is 4.23. The van der Waals surface area contributed by atoms with Gasteiger partial charge in [-0.1, -0.05) is 25.8 Å². The molecule has 1 saturated carbocycles. The van der Waals surface area contributed by atoms with Gasteiger partial charge in [0.25, 0.3) is 0 Å². The van der Waals surface area contributed by atoms with Gasteiger partial charge in [-0.25, -0.2) is 0 Å². The zero-order chi connectivity index (χ0) is 17.9. The van der Waals surface area contributed by atoms with Crippen molar-refractivity contribution in [1.82, 2.24) is 4.90 Å². The second kappa shape index (κ2) is 11.8. The van der Waals surface area contributed by atoms with Crippen molar-refractivity contribution in [2.24, 2.45) is 28.1 Å². The van der Waals surface area contributed by atoms with E-state index in [9.17, 15) is 4.91 Å². The first-order valence-electron chi connectivity index (χ1n) is 8.32. The predicted molar refractivity (Wildman–Crippen MR) is 117 cm³/mol. The van der Waals surface area contributed by atoms with Crippen LogP contribution >= 0.6 is 44.2 Å². The number of hydrazone groups is 1. The highest BCUT2D eigenvalue weighted by atomic mass is 127. The van der Waals surface area contributed by atoms with E-state index >= 15 is 0 Å². The maximum Gasteiger partial charge on any atom is 0.166 e. The van der Waals surface area contributed by atoms with Gasteiger partial charge in [0.2, 0.25) is 0 Å². The molecule has 1 aromatic heterocycles. The van der Waals surface area contributed by atoms with E-state index in [-0.39, 0.29) is 0 Å². The monoisotopic (exact) mass is 496 g/mol. The smallest absolute Gasteiger partial charge is 0.166 e. The second-order valence-electron chi connectivity index (χ2n) is 6.18. The molecular formula is C16H25IN4O2S2. The summed E-state index contributed by atoms with van der Waals surface area (Å²) in [5.41, 5.74) is 0. The molecule has 2 rings (SSSR count). The largest absolute Gasteiger partial charge is 0.341 e. The van der Waals surface area contributed by atoms with Gasteiger partial charge >= 0.3 is 0 Å². The summed E-state index contributed by atoms with van der Waals surface area (Å²) in [6.07, 6.45) is 5.41. The molecule has 1 heterocycles. The van der Waals surface area contributed by atoms with Crippen molar-refractivity contribution in [3.05, 3.63) is 27.3 Å². The molecule has 1 aliphatic rings. The molecule has 2 atom stereocenters. The Bertz CT molecular complexity index is 568. The van der Waals surface area contributed by atoms with Crippen LogP contribution in [0.4, 0.5) is 0 Å². The summed E-state index contributed by atoms with van der Waals surface area (Å²) in [5, 5.41) is 8.50. The molecule has 25 heavy (non-hydrogen) atoms. The van der Waals surface area contributed by atoms with E-state index in [1.165, 1.54) is 31.4 Å². The number of nitrogens with two attached hydrogens (primary N) is 1. The van der Waals surface area contributed by atoms with Crippen LogP contribution in [0.2, 0.25) is 0 Å². The number of thiophene rings is 1. The van der Waals surface area contributed by atoms with Crippen molar-refractivity contribution in [2.75, 3.05) is 18.2 Å². The molecule has 0 aliphatic heterocycles. The van der Waals surface area contributed by atoms with Gasteiger partial charge in [-0.15, -0.1) is 28.0 Å². The highest BCUT2D eigenvalue weighted by Crippen LogP contribution is 2.31. The summed E-state index contributed by atoms with van der Waals surface area (Å²) in [6.45, 7) is 3.02. The minimum absolute atomic E-state index is 0.658. The maximum absolute atomic E-state index is 10.1. The third-order valence-corrected chi connectivity index (χ3v) is 7.44. The van der Waals surface area contributed by atoms with Gasteiger partial charge in [0.15, 0.2) is 32.3 Å². The van der Waals surface area contributed by atoms with E-state index in [0.717, 1.165) is 28.4 Å². The van der Waals surface area contributed by atoms with Gasteiger partial charge in [0, 0.05) is 10.6 Å². The summed E-state index contributed by atoms with van der Waals surface area (Å²) in [4.78, 5) is 13.3. The summed E-state index contributed by atoms with van der Waals surface area (Å²) < 4.78 is 6.60. The zero-order valence-electron chi connectivity index (χ0n) is 14.3. The van der Waals surface area contributed by atoms with E-state index in [4.69, 9.17) is 5.84 Å². The fourth-order valence-electron chi connectivity index (χ4n) is 3.10. The van der Waals surface area contributed by atoms with Crippen LogP contribution < -0.4 is 5.84 Å². The number of hydrogen-bond acceptors (Lipinski definition) is 7. The fraction of sp³-hybridized carbons (Fsp3) is 0.625. The Labute approximate surface area is 167 Å². The third kappa shape index (κ3) is 7.22. The van der Waals surface area contributed by atoms with Gasteiger partial charge in [-0.3, -0.25) is 0 Å². The van der Waals surface area contributed by atoms with Gasteiger partial charge < -0.3 is 13.9 Å². The average molecular weight is 496 g/mol. The number of nitrogens with zero attached hydrogens (tertiary/aromatic N) is 3. The molecule has 2 N–H and O–H groups in total. The van der Waals surface area contributed by atoms with Crippen LogP contribution in [0.3, 0.4) is 0 Å². The lowest BCUT2D eigenvalue weighted by molar-refractivity contribution is 0.305. The molecule has 0 bridgehead atoms. The average Bonchev–Trinajstić information content (AvgIpc) is 3.13. The molecular weight excluding hydrogens is 471 g/mol. The molecule has 2 unspecified atom stereocenters. The molecule has 1 fully saturated rings. The Balaban J connectivity index is 1.92. The molecule has 0 spiro atoms. The maximum atomic E-state index is 10.1. The van der Waals surface area contributed by atoms with Crippen molar-refractivity contribution in [2.45, 2.75) is 32.6 Å². The summed E-state index contributed by atoms with van der Waals surface area (Å²) >= 11 is 2.78. The molecule has 1 aliphatic carbocycles. The Morgan fingerprint density at radius 2 is 2.48 bits per heavy atom. The first-order chi connectivity index (χ1) is 12.2. The molecule has 6 nitrogen and oxygen atoms in total. The molecule has 9 heteroatoms. The summed E-state index contributed by atoms with van der Waals surface area (Å²) in [5.74, 6) is 10.1. The molecule has 0 amide bonds. The zero-order valence-corrected chi connectivity index (χ0v) is 18.1. The number of hydrogen-bond donors (Lipinski definition) is 1. The van der Waals surface area contributed by atoms with Gasteiger partial charge in [-0.05, 0) is 41.9 Å². The van der Waals surface area contributed by atoms with Gasteiger partial charge in [0.05, 0.1) is 10.8 Å². The minimum atomic E-state index is -0.781. The van der Waals surface area contributed by atoms with Crippen molar-refractivity contribution in [3.8, 4) is 0 Å². The lowest BCUT2D eigenvalue weighted by Crippen LogP contribution is -2.33. The molecule has 0 saturated heterocycles. The molecule has 0 radical (unpaired) electrons. The van der Waals surface area contributed by atoms with Crippen LogP contribution in [0.15, 0.2) is 28.0 Å². The van der Waals surface area contributed by atoms with Gasteiger partial charge in [0.1, 0.15) is 0 Å². The topological polar surface area (TPSA) is 80.3 Å². The van der Waals surface area contributed by atoms with E-state index in [1.807, 2.05) is 33.3 Å². The second-order valence-corrected chi connectivity index (χ2v) is 9.91. The standard InChI is InChI=1S/C16H25IN4O2S2/c1-13-4-2-5-14(10-13)11-24-12-21(8-7-17-23-20-22)16(19-18)15-6-3-9-25-15/h3,6-7,9,13-14H,2,4-5,8,10-12,18H2,1H3/b19-16-. The normalized spacial score (nSPS) is 21.7. The number of rotatable bonds is 9. The van der Waals surface area contributed by atoms with Crippen molar-refractivity contribution in [3.63, 3.8) is 0 Å². The fourth-order valence-corrected chi connectivity index (χ4v) is 5.93. The number of thioether (sulfide) groups is 1. The minimum Gasteiger partial charge on any atom is -0.341 e. The highest BCUT2D eigenvalue weighted by molar-refractivity contribution is 14.2. The lowest BCUT2D eigenvalue weighted by Gasteiger charge is -2.28. The van der Waals surface area contributed by atoms with Crippen molar-refractivity contribution >= 4 is 54.1 Å². The molecule has 1 aromatic rings. The van der Waals surface area contributed by atoms with Crippen LogP contribution in [-0.2, 0) is 3.17 Å². The van der Waals surface area contributed by atoms with Crippen LogP contribution in [0, 0.1) is 16.7 Å². The van der Waals surface area contributed by atoms with Crippen LogP contribution in [0.5, 0.6) is 0 Å². The Hall–Kier alpha value is -0.680. The van der Waals surface area contributed by atoms with E-state index in [0.29, 0.717) is 6.54 Å². The quantitative estimate of drug-likeness (QED) is 0.103. The first-order valence-corrected chi connectivity index (χ1v) is 12.5. The number of halogens is 1. The van der Waals surface area contributed by atoms with E-state index in [1.54, 1.807) is 11.3 Å². The Kier molecular flexibility index (Phi) is 9.77. The lowest BCUT2D eigenvalue weighted by atomic mass is 9.83. The molecule has 140 valence electrons.